The summed E-state index contributed by atoms with van der Waals surface area (Å²) in [6.45, 7) is 0.971. The first-order valence-corrected chi connectivity index (χ1v) is 9.53. The molecule has 8 nitrogen and oxygen atoms in total. The fourth-order valence-corrected chi connectivity index (χ4v) is 2.79. The SMILES string of the molecule is C[C@@H](O)[C@@H](CO)NC(=O)c1cnc(Oc2ccc(C(F)(F)F)cc2)c(-c2ccn(C)n2)c1. The first-order valence-electron chi connectivity index (χ1n) is 9.53. The number of carbonyl (C=O) groups excluding carboxylic acids is 1. The normalized spacial score (nSPS) is 13.5. The molecule has 3 rings (SSSR count). The lowest BCUT2D eigenvalue weighted by Crippen LogP contribution is -2.44. The standard InChI is InChI=1S/C21H21F3N4O4/c1-12(30)18(11-29)26-19(31)13-9-16(17-7-8-28(2)27-17)20(25-10-13)32-15-5-3-14(4-6-15)21(22,23)24/h3-10,12,18,29-30H,11H2,1-2H3,(H,26,31)/t12-,18-/m1/s1. The summed E-state index contributed by atoms with van der Waals surface area (Å²) in [4.78, 5) is 16.7. The second kappa shape index (κ2) is 9.37. The Kier molecular flexibility index (Phi) is 6.80. The topological polar surface area (TPSA) is 110 Å². The number of rotatable bonds is 7. The number of amides is 1. The van der Waals surface area contributed by atoms with Crippen molar-refractivity contribution in [3.63, 3.8) is 0 Å². The van der Waals surface area contributed by atoms with E-state index < -0.39 is 36.4 Å². The molecule has 170 valence electrons. The molecule has 0 spiro atoms. The summed E-state index contributed by atoms with van der Waals surface area (Å²) in [6.07, 6.45) is -2.56. The number of alkyl halides is 3. The Morgan fingerprint density at radius 1 is 1.25 bits per heavy atom. The molecule has 0 saturated heterocycles. The largest absolute Gasteiger partial charge is 0.438 e. The fourth-order valence-electron chi connectivity index (χ4n) is 2.79. The van der Waals surface area contributed by atoms with Crippen molar-refractivity contribution in [2.24, 2.45) is 7.05 Å². The van der Waals surface area contributed by atoms with Gasteiger partial charge in [0.2, 0.25) is 5.88 Å². The van der Waals surface area contributed by atoms with Gasteiger partial charge in [-0.2, -0.15) is 18.3 Å². The molecule has 0 saturated carbocycles. The van der Waals surface area contributed by atoms with E-state index in [4.69, 9.17) is 4.74 Å². The second-order valence-corrected chi connectivity index (χ2v) is 7.08. The van der Waals surface area contributed by atoms with Crippen LogP contribution in [0.1, 0.15) is 22.8 Å². The number of aryl methyl sites for hydroxylation is 1. The van der Waals surface area contributed by atoms with Crippen molar-refractivity contribution in [1.29, 1.82) is 0 Å². The lowest BCUT2D eigenvalue weighted by molar-refractivity contribution is -0.137. The number of aromatic nitrogens is 3. The summed E-state index contributed by atoms with van der Waals surface area (Å²) in [5.41, 5.74) is 0.0531. The van der Waals surface area contributed by atoms with Gasteiger partial charge in [0.25, 0.3) is 5.91 Å². The monoisotopic (exact) mass is 450 g/mol. The predicted octanol–water partition coefficient (Wildman–Crippen LogP) is 2.76. The van der Waals surface area contributed by atoms with Gasteiger partial charge in [-0.3, -0.25) is 9.48 Å². The lowest BCUT2D eigenvalue weighted by atomic mass is 10.1. The lowest BCUT2D eigenvalue weighted by Gasteiger charge is -2.19. The maximum atomic E-state index is 12.8. The quantitative estimate of drug-likeness (QED) is 0.511. The average Bonchev–Trinajstić information content (AvgIpc) is 3.17. The van der Waals surface area contributed by atoms with E-state index in [0.717, 1.165) is 12.1 Å². The molecule has 3 N–H and O–H groups in total. The third-order valence-electron chi connectivity index (χ3n) is 4.59. The highest BCUT2D eigenvalue weighted by Gasteiger charge is 2.30. The van der Waals surface area contributed by atoms with Crippen molar-refractivity contribution in [1.82, 2.24) is 20.1 Å². The summed E-state index contributed by atoms with van der Waals surface area (Å²) in [5, 5.41) is 25.7. The Balaban J connectivity index is 1.93. The van der Waals surface area contributed by atoms with Gasteiger partial charge in [0.1, 0.15) is 5.75 Å². The molecule has 2 heterocycles. The average molecular weight is 450 g/mol. The first kappa shape index (κ1) is 23.2. The van der Waals surface area contributed by atoms with Gasteiger partial charge in [-0.15, -0.1) is 0 Å². The maximum absolute atomic E-state index is 12.8. The maximum Gasteiger partial charge on any atom is 0.416 e. The minimum absolute atomic E-state index is 0.0363. The summed E-state index contributed by atoms with van der Waals surface area (Å²) in [6, 6.07) is 6.36. The number of halogens is 3. The number of hydrogen-bond donors (Lipinski definition) is 3. The van der Waals surface area contributed by atoms with Crippen molar-refractivity contribution < 1.29 is 32.9 Å². The van der Waals surface area contributed by atoms with Crippen LogP contribution in [0, 0.1) is 0 Å². The third kappa shape index (κ3) is 5.42. The second-order valence-electron chi connectivity index (χ2n) is 7.08. The Bertz CT molecular complexity index is 1080. The van der Waals surface area contributed by atoms with Gasteiger partial charge in [-0.1, -0.05) is 0 Å². The van der Waals surface area contributed by atoms with Crippen LogP contribution in [-0.2, 0) is 13.2 Å². The number of pyridine rings is 1. The minimum atomic E-state index is -4.47. The fraction of sp³-hybridized carbons (Fsp3) is 0.286. The molecule has 2 aromatic heterocycles. The number of nitrogens with zero attached hydrogens (tertiary/aromatic N) is 3. The van der Waals surface area contributed by atoms with Crippen LogP contribution in [0.3, 0.4) is 0 Å². The van der Waals surface area contributed by atoms with Crippen LogP contribution in [0.15, 0.2) is 48.8 Å². The third-order valence-corrected chi connectivity index (χ3v) is 4.59. The highest BCUT2D eigenvalue weighted by molar-refractivity contribution is 5.95. The Hall–Kier alpha value is -3.44. The van der Waals surface area contributed by atoms with E-state index in [1.807, 2.05) is 0 Å². The summed E-state index contributed by atoms with van der Waals surface area (Å²) in [7, 11) is 1.69. The number of aliphatic hydroxyl groups is 2. The smallest absolute Gasteiger partial charge is 0.416 e. The van der Waals surface area contributed by atoms with Crippen LogP contribution < -0.4 is 10.1 Å². The number of ether oxygens (including phenoxy) is 1. The van der Waals surface area contributed by atoms with E-state index >= 15 is 0 Å². The van der Waals surface area contributed by atoms with Crippen molar-refractivity contribution in [2.75, 3.05) is 6.61 Å². The molecule has 0 fully saturated rings. The van der Waals surface area contributed by atoms with E-state index in [-0.39, 0.29) is 17.2 Å². The van der Waals surface area contributed by atoms with Crippen LogP contribution >= 0.6 is 0 Å². The Morgan fingerprint density at radius 3 is 2.47 bits per heavy atom. The zero-order valence-corrected chi connectivity index (χ0v) is 17.2. The molecule has 32 heavy (non-hydrogen) atoms. The summed E-state index contributed by atoms with van der Waals surface area (Å²) in [5.74, 6) is -0.431. The van der Waals surface area contributed by atoms with Crippen molar-refractivity contribution in [3.05, 3.63) is 59.9 Å². The van der Waals surface area contributed by atoms with Gasteiger partial charge in [0.15, 0.2) is 0 Å². The van der Waals surface area contributed by atoms with Gasteiger partial charge < -0.3 is 20.3 Å². The van der Waals surface area contributed by atoms with Gasteiger partial charge in [0.05, 0.1) is 41.1 Å². The molecular weight excluding hydrogens is 429 g/mol. The van der Waals surface area contributed by atoms with E-state index in [1.54, 1.807) is 19.3 Å². The molecule has 2 atom stereocenters. The molecule has 1 aromatic carbocycles. The molecule has 0 aliphatic rings. The molecule has 0 aliphatic carbocycles. The van der Waals surface area contributed by atoms with Gasteiger partial charge in [0, 0.05) is 19.4 Å². The Labute approximate surface area is 181 Å². The highest BCUT2D eigenvalue weighted by Crippen LogP contribution is 2.34. The number of hydrogen-bond acceptors (Lipinski definition) is 6. The molecule has 3 aromatic rings. The molecule has 0 bridgehead atoms. The predicted molar refractivity (Wildman–Crippen MR) is 108 cm³/mol. The number of aliphatic hydroxyl groups excluding tert-OH is 2. The van der Waals surface area contributed by atoms with Crippen LogP contribution in [0.4, 0.5) is 13.2 Å². The summed E-state index contributed by atoms with van der Waals surface area (Å²) < 4.78 is 45.6. The van der Waals surface area contributed by atoms with E-state index in [1.165, 1.54) is 36.0 Å². The molecule has 0 radical (unpaired) electrons. The molecule has 11 heteroatoms. The van der Waals surface area contributed by atoms with Crippen LogP contribution in [0.2, 0.25) is 0 Å². The minimum Gasteiger partial charge on any atom is -0.438 e. The van der Waals surface area contributed by atoms with E-state index in [9.17, 15) is 28.2 Å². The molecule has 0 aliphatic heterocycles. The molecular formula is C21H21F3N4O4. The molecule has 1 amide bonds. The number of nitrogens with one attached hydrogen (secondary N) is 1. The summed E-state index contributed by atoms with van der Waals surface area (Å²) >= 11 is 0. The van der Waals surface area contributed by atoms with Crippen molar-refractivity contribution in [2.45, 2.75) is 25.2 Å². The van der Waals surface area contributed by atoms with Gasteiger partial charge in [-0.05, 0) is 43.3 Å². The Morgan fingerprint density at radius 2 is 1.94 bits per heavy atom. The highest BCUT2D eigenvalue weighted by atomic mass is 19.4. The molecule has 0 unspecified atom stereocenters. The van der Waals surface area contributed by atoms with E-state index in [2.05, 4.69) is 15.4 Å². The number of carbonyl (C=O) groups is 1. The van der Waals surface area contributed by atoms with Crippen molar-refractivity contribution >= 4 is 5.91 Å². The zero-order chi connectivity index (χ0) is 23.5. The van der Waals surface area contributed by atoms with Gasteiger partial charge >= 0.3 is 6.18 Å². The first-order chi connectivity index (χ1) is 15.1. The van der Waals surface area contributed by atoms with Crippen LogP contribution in [-0.4, -0.2) is 49.6 Å². The van der Waals surface area contributed by atoms with Crippen LogP contribution in [0.25, 0.3) is 11.3 Å². The van der Waals surface area contributed by atoms with Crippen molar-refractivity contribution in [3.8, 4) is 22.9 Å². The number of benzene rings is 1. The van der Waals surface area contributed by atoms with Crippen LogP contribution in [0.5, 0.6) is 11.6 Å². The van der Waals surface area contributed by atoms with Gasteiger partial charge in [-0.25, -0.2) is 4.98 Å². The van der Waals surface area contributed by atoms with E-state index in [0.29, 0.717) is 11.3 Å². The zero-order valence-electron chi connectivity index (χ0n) is 17.2.